The summed E-state index contributed by atoms with van der Waals surface area (Å²) in [4.78, 5) is 10.7. The van der Waals surface area contributed by atoms with Gasteiger partial charge in [0.05, 0.1) is 10.6 Å². The quantitative estimate of drug-likeness (QED) is 0.612. The smallest absolute Gasteiger partial charge is 0.333 e. The topological polar surface area (TPSA) is 37.3 Å². The van der Waals surface area contributed by atoms with E-state index in [9.17, 15) is 4.79 Å². The number of rotatable bonds is 2. The number of carboxylic acids is 1. The average Bonchev–Trinajstić information content (AvgIpc) is 1.82. The SMILES string of the molecule is CC(C)C(C(=O)O)=C(Cl)C(Cl)(Cl)Cl. The maximum Gasteiger partial charge on any atom is 0.333 e. The zero-order valence-electron chi connectivity index (χ0n) is 6.94. The first-order valence-corrected chi connectivity index (χ1v) is 4.89. The number of hydrogen-bond acceptors (Lipinski definition) is 1. The second-order valence-corrected chi connectivity index (χ2v) is 5.34. The van der Waals surface area contributed by atoms with E-state index in [0.717, 1.165) is 0 Å². The fraction of sp³-hybridized carbons (Fsp3) is 0.571. The van der Waals surface area contributed by atoms with Gasteiger partial charge in [-0.2, -0.15) is 0 Å². The van der Waals surface area contributed by atoms with Crippen LogP contribution in [0.3, 0.4) is 0 Å². The molecule has 0 bridgehead atoms. The van der Waals surface area contributed by atoms with Gasteiger partial charge in [0.1, 0.15) is 0 Å². The molecule has 0 aliphatic rings. The van der Waals surface area contributed by atoms with Crippen molar-refractivity contribution in [1.29, 1.82) is 0 Å². The third-order valence-electron chi connectivity index (χ3n) is 1.29. The molecule has 0 unspecified atom stereocenters. The monoisotopic (exact) mass is 264 g/mol. The van der Waals surface area contributed by atoms with Gasteiger partial charge in [-0.25, -0.2) is 4.79 Å². The second-order valence-electron chi connectivity index (χ2n) is 2.69. The van der Waals surface area contributed by atoms with Crippen molar-refractivity contribution >= 4 is 52.4 Å². The van der Waals surface area contributed by atoms with Crippen LogP contribution in [0.5, 0.6) is 0 Å². The normalized spacial score (nSPS) is 14.4. The molecule has 0 aromatic carbocycles. The van der Waals surface area contributed by atoms with Gasteiger partial charge in [0.25, 0.3) is 0 Å². The average molecular weight is 266 g/mol. The van der Waals surface area contributed by atoms with Gasteiger partial charge in [-0.3, -0.25) is 0 Å². The van der Waals surface area contributed by atoms with Crippen LogP contribution in [-0.4, -0.2) is 14.9 Å². The summed E-state index contributed by atoms with van der Waals surface area (Å²) in [5.41, 5.74) is -0.0818. The Hall–Kier alpha value is 0.370. The highest BCUT2D eigenvalue weighted by atomic mass is 35.6. The molecular weight excluding hydrogens is 258 g/mol. The van der Waals surface area contributed by atoms with Crippen molar-refractivity contribution in [2.75, 3.05) is 0 Å². The molecule has 0 heterocycles. The van der Waals surface area contributed by atoms with Crippen molar-refractivity contribution in [3.8, 4) is 0 Å². The zero-order chi connectivity index (χ0) is 10.8. The number of halogens is 4. The van der Waals surface area contributed by atoms with Crippen LogP contribution < -0.4 is 0 Å². The molecule has 0 aliphatic heterocycles. The molecule has 76 valence electrons. The lowest BCUT2D eigenvalue weighted by molar-refractivity contribution is -0.133. The lowest BCUT2D eigenvalue weighted by Crippen LogP contribution is -2.15. The van der Waals surface area contributed by atoms with Crippen LogP contribution in [0.15, 0.2) is 10.6 Å². The molecule has 0 saturated carbocycles. The molecule has 0 aromatic rings. The summed E-state index contributed by atoms with van der Waals surface area (Å²) in [7, 11) is 0. The third kappa shape index (κ3) is 3.94. The van der Waals surface area contributed by atoms with Crippen LogP contribution in [0.1, 0.15) is 13.8 Å². The van der Waals surface area contributed by atoms with Gasteiger partial charge in [0, 0.05) is 0 Å². The molecule has 0 amide bonds. The van der Waals surface area contributed by atoms with Gasteiger partial charge in [-0.05, 0) is 5.92 Å². The highest BCUT2D eigenvalue weighted by molar-refractivity contribution is 6.73. The fourth-order valence-electron chi connectivity index (χ4n) is 0.747. The van der Waals surface area contributed by atoms with E-state index >= 15 is 0 Å². The molecule has 0 radical (unpaired) electrons. The molecule has 1 N–H and O–H groups in total. The van der Waals surface area contributed by atoms with Crippen molar-refractivity contribution in [3.63, 3.8) is 0 Å². The Morgan fingerprint density at radius 2 is 1.69 bits per heavy atom. The van der Waals surface area contributed by atoms with Crippen LogP contribution in [0.2, 0.25) is 0 Å². The molecule has 0 spiro atoms. The van der Waals surface area contributed by atoms with Gasteiger partial charge in [0.2, 0.25) is 3.79 Å². The van der Waals surface area contributed by atoms with E-state index in [4.69, 9.17) is 51.5 Å². The lowest BCUT2D eigenvalue weighted by atomic mass is 10.0. The molecule has 0 saturated heterocycles. The van der Waals surface area contributed by atoms with Crippen LogP contribution >= 0.6 is 46.4 Å². The number of hydrogen-bond donors (Lipinski definition) is 1. The van der Waals surface area contributed by atoms with Gasteiger partial charge in [0.15, 0.2) is 0 Å². The molecular formula is C7H8Cl4O2. The minimum absolute atomic E-state index is 0.0818. The second kappa shape index (κ2) is 4.74. The first kappa shape index (κ1) is 13.4. The minimum Gasteiger partial charge on any atom is -0.478 e. The van der Waals surface area contributed by atoms with E-state index in [-0.39, 0.29) is 16.5 Å². The van der Waals surface area contributed by atoms with Gasteiger partial charge >= 0.3 is 5.97 Å². The van der Waals surface area contributed by atoms with E-state index in [1.165, 1.54) is 0 Å². The van der Waals surface area contributed by atoms with Crippen molar-refractivity contribution in [2.24, 2.45) is 5.92 Å². The Labute approximate surface area is 96.4 Å². The van der Waals surface area contributed by atoms with Gasteiger partial charge in [-0.15, -0.1) is 0 Å². The molecule has 0 aliphatic carbocycles. The number of alkyl halides is 3. The third-order valence-corrected chi connectivity index (χ3v) is 2.64. The molecule has 2 nitrogen and oxygen atoms in total. The molecule has 0 aromatic heterocycles. The zero-order valence-corrected chi connectivity index (χ0v) is 9.97. The maximum atomic E-state index is 10.7. The van der Waals surface area contributed by atoms with Gasteiger partial charge in [-0.1, -0.05) is 60.3 Å². The van der Waals surface area contributed by atoms with E-state index < -0.39 is 9.76 Å². The van der Waals surface area contributed by atoms with E-state index in [1.807, 2.05) is 0 Å². The van der Waals surface area contributed by atoms with E-state index in [2.05, 4.69) is 0 Å². The van der Waals surface area contributed by atoms with Crippen LogP contribution in [-0.2, 0) is 4.79 Å². The van der Waals surface area contributed by atoms with E-state index in [0.29, 0.717) is 0 Å². The highest BCUT2D eigenvalue weighted by Gasteiger charge is 2.31. The number of carbonyl (C=O) groups is 1. The van der Waals surface area contributed by atoms with Gasteiger partial charge < -0.3 is 5.11 Å². The Morgan fingerprint density at radius 3 is 1.77 bits per heavy atom. The largest absolute Gasteiger partial charge is 0.478 e. The minimum atomic E-state index is -1.88. The fourth-order valence-corrected chi connectivity index (χ4v) is 1.35. The Kier molecular flexibility index (Phi) is 4.87. The summed E-state index contributed by atoms with van der Waals surface area (Å²) < 4.78 is -1.88. The number of aliphatic carboxylic acids is 1. The predicted molar refractivity (Wildman–Crippen MR) is 55.6 cm³/mol. The molecule has 0 fully saturated rings. The summed E-state index contributed by atoms with van der Waals surface area (Å²) in [6, 6.07) is 0. The number of allylic oxidation sites excluding steroid dienone is 1. The van der Waals surface area contributed by atoms with Crippen molar-refractivity contribution in [1.82, 2.24) is 0 Å². The summed E-state index contributed by atoms with van der Waals surface area (Å²) in [5.74, 6) is -1.48. The Morgan fingerprint density at radius 1 is 1.31 bits per heavy atom. The molecule has 0 atom stereocenters. The first-order valence-electron chi connectivity index (χ1n) is 3.38. The first-order chi connectivity index (χ1) is 5.68. The molecule has 13 heavy (non-hydrogen) atoms. The predicted octanol–water partition coefficient (Wildman–Crippen LogP) is 3.59. The summed E-state index contributed by atoms with van der Waals surface area (Å²) in [6.07, 6.45) is 0. The maximum absolute atomic E-state index is 10.7. The van der Waals surface area contributed by atoms with Crippen molar-refractivity contribution in [3.05, 3.63) is 10.6 Å². The van der Waals surface area contributed by atoms with Crippen LogP contribution in [0, 0.1) is 5.92 Å². The van der Waals surface area contributed by atoms with Crippen molar-refractivity contribution < 1.29 is 9.90 Å². The molecule has 6 heteroatoms. The van der Waals surface area contributed by atoms with E-state index in [1.54, 1.807) is 13.8 Å². The summed E-state index contributed by atoms with van der Waals surface area (Å²) in [5, 5.41) is 8.50. The highest BCUT2D eigenvalue weighted by Crippen LogP contribution is 2.40. The lowest BCUT2D eigenvalue weighted by Gasteiger charge is -2.15. The molecule has 0 rings (SSSR count). The van der Waals surface area contributed by atoms with Crippen LogP contribution in [0.25, 0.3) is 0 Å². The van der Waals surface area contributed by atoms with Crippen LogP contribution in [0.4, 0.5) is 0 Å². The number of carboxylic acid groups (broad SMARTS) is 1. The summed E-state index contributed by atoms with van der Waals surface area (Å²) >= 11 is 21.9. The van der Waals surface area contributed by atoms with Crippen molar-refractivity contribution in [2.45, 2.75) is 17.6 Å². The summed E-state index contributed by atoms with van der Waals surface area (Å²) in [6.45, 7) is 3.31. The Balaban J connectivity index is 5.23. The standard InChI is InChI=1S/C7H8Cl4O2/c1-3(2)4(6(12)13)5(8)7(9,10)11/h3H,1-2H3,(H,12,13). The Bertz CT molecular complexity index is 239.